The van der Waals surface area contributed by atoms with Crippen molar-refractivity contribution in [1.82, 2.24) is 0 Å². The van der Waals surface area contributed by atoms with Gasteiger partial charge in [0.25, 0.3) is 0 Å². The first-order valence-electron chi connectivity index (χ1n) is 5.27. The molecule has 3 rings (SSSR count). The van der Waals surface area contributed by atoms with Crippen LogP contribution in [0.25, 0.3) is 0 Å². The topological polar surface area (TPSA) is 23.8 Å². The van der Waals surface area contributed by atoms with Crippen LogP contribution in [0.4, 0.5) is 0 Å². The molecule has 2 aliphatic rings. The number of hydrogen-bond donors (Lipinski definition) is 0. The van der Waals surface area contributed by atoms with Gasteiger partial charge in [0.2, 0.25) is 0 Å². The van der Waals surface area contributed by atoms with Gasteiger partial charge >= 0.3 is 11.6 Å². The van der Waals surface area contributed by atoms with Gasteiger partial charge in [-0.1, -0.05) is 19.1 Å². The average Bonchev–Trinajstić information content (AvgIpc) is 2.73. The molecule has 0 spiro atoms. The smallest absolute Gasteiger partial charge is 0.319 e. The maximum atomic E-state index is 5.75. The molecule has 0 amide bonds. The van der Waals surface area contributed by atoms with Crippen molar-refractivity contribution in [3.63, 3.8) is 0 Å². The molecule has 2 aliphatic heterocycles. The van der Waals surface area contributed by atoms with E-state index in [9.17, 15) is 0 Å². The van der Waals surface area contributed by atoms with E-state index in [1.165, 1.54) is 9.78 Å². The SMILES string of the molecule is C[O+]=C1OC1(C1=CC(C)CS1)c1cccs1. The highest BCUT2D eigenvalue weighted by Crippen LogP contribution is 2.55. The molecule has 1 fully saturated rings. The normalized spacial score (nSPS) is 35.0. The lowest BCUT2D eigenvalue weighted by Gasteiger charge is -1.99. The van der Waals surface area contributed by atoms with Gasteiger partial charge < -0.3 is 4.42 Å². The van der Waals surface area contributed by atoms with Crippen LogP contribution in [0.5, 0.6) is 0 Å². The first-order valence-corrected chi connectivity index (χ1v) is 7.13. The Balaban J connectivity index is 2.04. The molecule has 0 bridgehead atoms. The van der Waals surface area contributed by atoms with Crippen LogP contribution in [-0.4, -0.2) is 18.8 Å². The van der Waals surface area contributed by atoms with Crippen molar-refractivity contribution in [2.75, 3.05) is 12.9 Å². The lowest BCUT2D eigenvalue weighted by Crippen LogP contribution is -2.10. The number of carbonyl (C=O) groups excluding carboxylic acids is 1. The van der Waals surface area contributed by atoms with E-state index in [1.54, 1.807) is 18.4 Å². The molecule has 2 atom stereocenters. The quantitative estimate of drug-likeness (QED) is 0.597. The highest BCUT2D eigenvalue weighted by Gasteiger charge is 2.77. The Bertz CT molecular complexity index is 461. The largest absolute Gasteiger partial charge is 0.575 e. The van der Waals surface area contributed by atoms with Crippen molar-refractivity contribution >= 4 is 29.1 Å². The zero-order valence-corrected chi connectivity index (χ0v) is 10.9. The van der Waals surface area contributed by atoms with E-state index in [-0.39, 0.29) is 5.60 Å². The number of ether oxygens (including phenoxy) is 1. The van der Waals surface area contributed by atoms with Gasteiger partial charge in [-0.2, -0.15) is 0 Å². The van der Waals surface area contributed by atoms with Crippen molar-refractivity contribution in [3.05, 3.63) is 33.4 Å². The fraction of sp³-hybridized carbons (Fsp3) is 0.417. The summed E-state index contributed by atoms with van der Waals surface area (Å²) in [4.78, 5) is 2.51. The minimum absolute atomic E-state index is 0.363. The molecule has 4 heteroatoms. The average molecular weight is 253 g/mol. The number of hydrogen-bond acceptors (Lipinski definition) is 3. The second-order valence-electron chi connectivity index (χ2n) is 4.07. The molecule has 1 saturated heterocycles. The van der Waals surface area contributed by atoms with Gasteiger partial charge in [-0.05, 0) is 17.4 Å². The second-order valence-corrected chi connectivity index (χ2v) is 6.08. The number of thioether (sulfide) groups is 1. The molecule has 3 heterocycles. The van der Waals surface area contributed by atoms with Gasteiger partial charge in [0.15, 0.2) is 7.11 Å². The van der Waals surface area contributed by atoms with Crippen molar-refractivity contribution in [2.45, 2.75) is 12.5 Å². The minimum Gasteiger partial charge on any atom is -0.319 e. The maximum absolute atomic E-state index is 5.75. The molecule has 0 N–H and O–H groups in total. The molecule has 0 saturated carbocycles. The van der Waals surface area contributed by atoms with Crippen molar-refractivity contribution < 1.29 is 9.16 Å². The van der Waals surface area contributed by atoms with Crippen LogP contribution in [-0.2, 0) is 14.8 Å². The number of thiophene rings is 1. The van der Waals surface area contributed by atoms with Gasteiger partial charge in [0.05, 0.1) is 4.91 Å². The Kier molecular flexibility index (Phi) is 2.37. The van der Waals surface area contributed by atoms with Crippen molar-refractivity contribution in [3.8, 4) is 0 Å². The van der Waals surface area contributed by atoms with Gasteiger partial charge in [0, 0.05) is 5.75 Å². The summed E-state index contributed by atoms with van der Waals surface area (Å²) in [7, 11) is 1.67. The summed E-state index contributed by atoms with van der Waals surface area (Å²) < 4.78 is 11.0. The predicted molar refractivity (Wildman–Crippen MR) is 67.7 cm³/mol. The Labute approximate surface area is 103 Å². The van der Waals surface area contributed by atoms with E-state index < -0.39 is 0 Å². The zero-order chi connectivity index (χ0) is 11.2. The fourth-order valence-electron chi connectivity index (χ4n) is 2.00. The summed E-state index contributed by atoms with van der Waals surface area (Å²) in [6.45, 7) is 2.23. The Morgan fingerprint density at radius 2 is 2.44 bits per heavy atom. The summed E-state index contributed by atoms with van der Waals surface area (Å²) in [6, 6.07) is 4.17. The van der Waals surface area contributed by atoms with Crippen molar-refractivity contribution in [1.29, 1.82) is 0 Å². The molecular weight excluding hydrogens is 240 g/mol. The Hall–Kier alpha value is -0.740. The lowest BCUT2D eigenvalue weighted by molar-refractivity contribution is -0.421. The third kappa shape index (κ3) is 1.36. The van der Waals surface area contributed by atoms with Crippen LogP contribution in [0, 0.1) is 5.92 Å². The van der Waals surface area contributed by atoms with E-state index >= 15 is 0 Å². The summed E-state index contributed by atoms with van der Waals surface area (Å²) in [6.07, 6.45) is 2.30. The van der Waals surface area contributed by atoms with E-state index in [4.69, 9.17) is 9.16 Å². The van der Waals surface area contributed by atoms with Crippen molar-refractivity contribution in [2.24, 2.45) is 5.92 Å². The molecule has 16 heavy (non-hydrogen) atoms. The van der Waals surface area contributed by atoms with Gasteiger partial charge in [-0.25, -0.2) is 0 Å². The fourth-order valence-corrected chi connectivity index (χ4v) is 4.23. The number of cyclic esters (lactones) is 1. The third-order valence-electron chi connectivity index (χ3n) is 2.83. The molecule has 0 radical (unpaired) electrons. The second kappa shape index (κ2) is 3.64. The van der Waals surface area contributed by atoms with E-state index in [0.29, 0.717) is 5.92 Å². The monoisotopic (exact) mass is 253 g/mol. The number of epoxide rings is 1. The van der Waals surface area contributed by atoms with Crippen LogP contribution in [0.15, 0.2) is 28.5 Å². The van der Waals surface area contributed by atoms with Crippen LogP contribution in [0.1, 0.15) is 11.8 Å². The third-order valence-corrected chi connectivity index (χ3v) is 5.23. The molecule has 0 aliphatic carbocycles. The van der Waals surface area contributed by atoms with Gasteiger partial charge in [0.1, 0.15) is 4.88 Å². The molecule has 2 unspecified atom stereocenters. The molecular formula is C12H13O2S2+. The standard InChI is InChI=1S/C12H13O2S2/c1-8-6-10(16-7-8)12(11(13-2)14-12)9-4-3-5-15-9/h3-6,8H,7H2,1-2H3/q+1. The summed E-state index contributed by atoms with van der Waals surface area (Å²) >= 11 is 3.60. The van der Waals surface area contributed by atoms with E-state index in [1.807, 2.05) is 11.8 Å². The maximum Gasteiger partial charge on any atom is 0.575 e. The Morgan fingerprint density at radius 3 is 2.94 bits per heavy atom. The number of allylic oxidation sites excluding steroid dienone is 1. The van der Waals surface area contributed by atoms with Gasteiger partial charge in [-0.15, -0.1) is 23.1 Å². The predicted octanol–water partition coefficient (Wildman–Crippen LogP) is 2.93. The van der Waals surface area contributed by atoms with Crippen LogP contribution in [0.3, 0.4) is 0 Å². The first-order chi connectivity index (χ1) is 7.77. The van der Waals surface area contributed by atoms with Crippen LogP contribution in [0.2, 0.25) is 0 Å². The molecule has 2 nitrogen and oxygen atoms in total. The summed E-state index contributed by atoms with van der Waals surface area (Å²) in [5, 5.41) is 2.08. The first kappa shape index (κ1) is 10.4. The van der Waals surface area contributed by atoms with Gasteiger partial charge in [-0.3, -0.25) is 4.74 Å². The summed E-state index contributed by atoms with van der Waals surface area (Å²) in [5.74, 6) is 2.50. The molecule has 84 valence electrons. The minimum atomic E-state index is -0.363. The Morgan fingerprint density at radius 1 is 1.56 bits per heavy atom. The van der Waals surface area contributed by atoms with E-state index in [2.05, 4.69) is 30.5 Å². The number of rotatable bonds is 2. The molecule has 1 aromatic rings. The summed E-state index contributed by atoms with van der Waals surface area (Å²) in [5.41, 5.74) is -0.363. The lowest BCUT2D eigenvalue weighted by atomic mass is 10.1. The van der Waals surface area contributed by atoms with Crippen LogP contribution >= 0.6 is 23.1 Å². The van der Waals surface area contributed by atoms with Crippen LogP contribution < -0.4 is 0 Å². The highest BCUT2D eigenvalue weighted by molar-refractivity contribution is 8.03. The zero-order valence-electron chi connectivity index (χ0n) is 9.23. The molecule has 0 aromatic carbocycles. The highest BCUT2D eigenvalue weighted by atomic mass is 32.2. The molecule has 1 aromatic heterocycles. The van der Waals surface area contributed by atoms with E-state index in [0.717, 1.165) is 11.7 Å².